The number of nitrogens with zero attached hydrogens (tertiary/aromatic N) is 5. The van der Waals surface area contributed by atoms with Gasteiger partial charge in [0.2, 0.25) is 5.91 Å². The highest BCUT2D eigenvalue weighted by Gasteiger charge is 2.46. The molecule has 0 spiro atoms. The van der Waals surface area contributed by atoms with Crippen LogP contribution in [-0.4, -0.2) is 80.6 Å². The van der Waals surface area contributed by atoms with Gasteiger partial charge in [-0.3, -0.25) is 9.36 Å². The summed E-state index contributed by atoms with van der Waals surface area (Å²) in [4.78, 5) is 26.9. The van der Waals surface area contributed by atoms with Crippen LogP contribution in [0.4, 0.5) is 5.82 Å². The zero-order valence-electron chi connectivity index (χ0n) is 16.3. The monoisotopic (exact) mass is 403 g/mol. The lowest BCUT2D eigenvalue weighted by Crippen LogP contribution is -2.53. The maximum atomic E-state index is 12.3. The van der Waals surface area contributed by atoms with Gasteiger partial charge >= 0.3 is 0 Å². The summed E-state index contributed by atoms with van der Waals surface area (Å²) >= 11 is 0. The first kappa shape index (κ1) is 20.9. The summed E-state index contributed by atoms with van der Waals surface area (Å²) in [6.45, 7) is -0.400. The zero-order chi connectivity index (χ0) is 21.1. The minimum absolute atomic E-state index is 0.315. The van der Waals surface area contributed by atoms with Gasteiger partial charge in [0.15, 0.2) is 23.2 Å². The van der Waals surface area contributed by atoms with Crippen LogP contribution in [0.2, 0.25) is 0 Å². The molecule has 0 aromatic carbocycles. The van der Waals surface area contributed by atoms with E-state index in [0.717, 1.165) is 0 Å². The molecule has 11 heteroatoms. The summed E-state index contributed by atoms with van der Waals surface area (Å²) < 4.78 is 7.37. The van der Waals surface area contributed by atoms with Gasteiger partial charge in [0.05, 0.1) is 25.0 Å². The van der Waals surface area contributed by atoms with Crippen LogP contribution in [0, 0.1) is 12.3 Å². The van der Waals surface area contributed by atoms with Crippen molar-refractivity contribution in [3.8, 4) is 12.3 Å². The SMILES string of the molecule is C#CCCC(N)C(=O)N[C@H]1[C@@H](O)[C@H](n2cnc3c(N(C)C)ncnc32)O[C@@H]1CO. The van der Waals surface area contributed by atoms with Gasteiger partial charge in [-0.15, -0.1) is 12.3 Å². The van der Waals surface area contributed by atoms with Gasteiger partial charge in [0.25, 0.3) is 0 Å². The Morgan fingerprint density at radius 1 is 1.48 bits per heavy atom. The van der Waals surface area contributed by atoms with Crippen molar-refractivity contribution < 1.29 is 19.7 Å². The van der Waals surface area contributed by atoms with E-state index in [1.54, 1.807) is 9.47 Å². The minimum atomic E-state index is -1.16. The number of aliphatic hydroxyl groups is 2. The molecule has 5 N–H and O–H groups in total. The molecule has 1 unspecified atom stereocenters. The van der Waals surface area contributed by atoms with Crippen LogP contribution in [0.15, 0.2) is 12.7 Å². The van der Waals surface area contributed by atoms with Crippen LogP contribution in [0.3, 0.4) is 0 Å². The Balaban J connectivity index is 1.84. The number of hydrogen-bond donors (Lipinski definition) is 4. The summed E-state index contributed by atoms with van der Waals surface area (Å²) in [5.74, 6) is 2.57. The topological polar surface area (TPSA) is 152 Å². The molecule has 1 aliphatic rings. The second-order valence-corrected chi connectivity index (χ2v) is 7.04. The van der Waals surface area contributed by atoms with Gasteiger partial charge in [-0.2, -0.15) is 0 Å². The molecule has 1 saturated heterocycles. The number of fused-ring (bicyclic) bond motifs is 1. The predicted molar refractivity (Wildman–Crippen MR) is 105 cm³/mol. The number of aliphatic hydroxyl groups excluding tert-OH is 2. The second kappa shape index (κ2) is 8.71. The molecule has 11 nitrogen and oxygen atoms in total. The number of anilines is 1. The van der Waals surface area contributed by atoms with Crippen molar-refractivity contribution in [3.63, 3.8) is 0 Å². The number of imidazole rings is 1. The van der Waals surface area contributed by atoms with E-state index in [1.807, 2.05) is 14.1 Å². The van der Waals surface area contributed by atoms with Gasteiger partial charge in [0, 0.05) is 20.5 Å². The number of nitrogens with two attached hydrogens (primary N) is 1. The van der Waals surface area contributed by atoms with E-state index in [9.17, 15) is 15.0 Å². The van der Waals surface area contributed by atoms with Gasteiger partial charge in [-0.05, 0) is 6.42 Å². The Morgan fingerprint density at radius 3 is 2.90 bits per heavy atom. The normalized spacial score (nSPS) is 25.0. The molecule has 0 bridgehead atoms. The molecule has 156 valence electrons. The van der Waals surface area contributed by atoms with Gasteiger partial charge in [0.1, 0.15) is 18.5 Å². The summed E-state index contributed by atoms with van der Waals surface area (Å²) in [7, 11) is 3.66. The predicted octanol–water partition coefficient (Wildman–Crippen LogP) is -1.63. The fourth-order valence-corrected chi connectivity index (χ4v) is 3.30. The molecule has 29 heavy (non-hydrogen) atoms. The van der Waals surface area contributed by atoms with Crippen LogP contribution in [-0.2, 0) is 9.53 Å². The number of ether oxygens (including phenoxy) is 1. The molecule has 3 heterocycles. The third-order valence-electron chi connectivity index (χ3n) is 4.84. The quantitative estimate of drug-likeness (QED) is 0.399. The number of hydrogen-bond acceptors (Lipinski definition) is 9. The molecule has 2 aromatic rings. The van der Waals surface area contributed by atoms with Crippen LogP contribution >= 0.6 is 0 Å². The molecule has 1 aliphatic heterocycles. The van der Waals surface area contributed by atoms with Crippen molar-refractivity contribution in [2.45, 2.75) is 43.4 Å². The van der Waals surface area contributed by atoms with Crippen LogP contribution in [0.25, 0.3) is 11.2 Å². The molecule has 0 saturated carbocycles. The van der Waals surface area contributed by atoms with Crippen molar-refractivity contribution in [1.82, 2.24) is 24.8 Å². The van der Waals surface area contributed by atoms with E-state index in [-0.39, 0.29) is 0 Å². The summed E-state index contributed by atoms with van der Waals surface area (Å²) in [5, 5.41) is 23.2. The van der Waals surface area contributed by atoms with Crippen LogP contribution in [0.1, 0.15) is 19.1 Å². The zero-order valence-corrected chi connectivity index (χ0v) is 16.3. The first-order valence-electron chi connectivity index (χ1n) is 9.17. The smallest absolute Gasteiger partial charge is 0.237 e. The van der Waals surface area contributed by atoms with Crippen molar-refractivity contribution in [3.05, 3.63) is 12.7 Å². The number of aromatic nitrogens is 4. The maximum absolute atomic E-state index is 12.3. The van der Waals surface area contributed by atoms with E-state index in [0.29, 0.717) is 29.8 Å². The molecule has 3 rings (SSSR count). The average Bonchev–Trinajstić information content (AvgIpc) is 3.27. The molecule has 0 radical (unpaired) electrons. The molecular formula is C18H25N7O4. The van der Waals surface area contributed by atoms with Crippen molar-refractivity contribution in [2.75, 3.05) is 25.6 Å². The third kappa shape index (κ3) is 4.01. The van der Waals surface area contributed by atoms with Gasteiger partial charge in [-0.1, -0.05) is 0 Å². The maximum Gasteiger partial charge on any atom is 0.237 e. The molecular weight excluding hydrogens is 378 g/mol. The van der Waals surface area contributed by atoms with E-state index in [2.05, 4.69) is 26.2 Å². The van der Waals surface area contributed by atoms with E-state index >= 15 is 0 Å². The largest absolute Gasteiger partial charge is 0.394 e. The number of rotatable bonds is 7. The number of carbonyl (C=O) groups is 1. The summed E-state index contributed by atoms with van der Waals surface area (Å²) in [6, 6.07) is -1.68. The summed E-state index contributed by atoms with van der Waals surface area (Å²) in [5.41, 5.74) is 6.83. The highest BCUT2D eigenvalue weighted by atomic mass is 16.5. The molecule has 1 amide bonds. The highest BCUT2D eigenvalue weighted by molar-refractivity contribution is 5.83. The average molecular weight is 403 g/mol. The van der Waals surface area contributed by atoms with Crippen molar-refractivity contribution >= 4 is 22.9 Å². The lowest BCUT2D eigenvalue weighted by Gasteiger charge is -2.22. The fourth-order valence-electron chi connectivity index (χ4n) is 3.30. The molecule has 2 aromatic heterocycles. The Hall–Kier alpha value is -2.78. The Labute approximate surface area is 167 Å². The molecule has 5 atom stereocenters. The van der Waals surface area contributed by atoms with Crippen LogP contribution < -0.4 is 16.0 Å². The molecule has 1 fully saturated rings. The van der Waals surface area contributed by atoms with Crippen molar-refractivity contribution in [2.24, 2.45) is 5.73 Å². The minimum Gasteiger partial charge on any atom is -0.394 e. The second-order valence-electron chi connectivity index (χ2n) is 7.04. The number of nitrogens with one attached hydrogen (secondary N) is 1. The van der Waals surface area contributed by atoms with E-state index in [4.69, 9.17) is 16.9 Å². The summed E-state index contributed by atoms with van der Waals surface area (Å²) in [6.07, 6.45) is 5.86. The van der Waals surface area contributed by atoms with Gasteiger partial charge < -0.3 is 30.9 Å². The standard InChI is InChI=1S/C18H25N7O4/c1-4-5-6-10(19)17(28)23-12-11(7-26)29-18(14(12)27)25-9-22-13-15(24(2)3)20-8-21-16(13)25/h1,8-12,14,18,26-27H,5-7,19H2,2-3H3,(H,23,28)/t10?,11-,12-,14-,18-/m1/s1. The third-order valence-corrected chi connectivity index (χ3v) is 4.84. The first-order valence-corrected chi connectivity index (χ1v) is 9.17. The Bertz CT molecular complexity index is 909. The Kier molecular flexibility index (Phi) is 6.29. The number of carbonyl (C=O) groups excluding carboxylic acids is 1. The fraction of sp³-hybridized carbons (Fsp3) is 0.556. The Morgan fingerprint density at radius 2 is 2.24 bits per heavy atom. The lowest BCUT2D eigenvalue weighted by molar-refractivity contribution is -0.124. The van der Waals surface area contributed by atoms with E-state index < -0.39 is 43.0 Å². The number of terminal acetylenes is 1. The van der Waals surface area contributed by atoms with Gasteiger partial charge in [-0.25, -0.2) is 15.0 Å². The number of amides is 1. The lowest BCUT2D eigenvalue weighted by atomic mass is 10.1. The first-order chi connectivity index (χ1) is 13.9. The van der Waals surface area contributed by atoms with Crippen LogP contribution in [0.5, 0.6) is 0 Å². The van der Waals surface area contributed by atoms with Crippen molar-refractivity contribution in [1.29, 1.82) is 0 Å². The van der Waals surface area contributed by atoms with E-state index in [1.165, 1.54) is 12.7 Å². The molecule has 0 aliphatic carbocycles. The highest BCUT2D eigenvalue weighted by Crippen LogP contribution is 2.32.